The van der Waals surface area contributed by atoms with Crippen LogP contribution in [0.5, 0.6) is 5.88 Å². The molecular formula is C24H23ClN8O11S3. The second-order valence-corrected chi connectivity index (χ2v) is 13.1. The van der Waals surface area contributed by atoms with E-state index < -0.39 is 37.4 Å². The number of aromatic hydroxyl groups is 1. The number of hydrogen-bond donors (Lipinski definition) is 6. The van der Waals surface area contributed by atoms with Crippen molar-refractivity contribution in [1.82, 2.24) is 19.5 Å². The number of pyridine rings is 1. The molecule has 4 rings (SSSR count). The molecule has 6 N–H and O–H groups in total. The van der Waals surface area contributed by atoms with Crippen LogP contribution in [0.3, 0.4) is 0 Å². The van der Waals surface area contributed by atoms with Crippen LogP contribution in [0.25, 0.3) is 0 Å². The van der Waals surface area contributed by atoms with Gasteiger partial charge >= 0.3 is 0 Å². The van der Waals surface area contributed by atoms with Crippen LogP contribution in [-0.2, 0) is 41.9 Å². The van der Waals surface area contributed by atoms with Crippen molar-refractivity contribution in [1.29, 1.82) is 0 Å². The molecule has 0 fully saturated rings. The van der Waals surface area contributed by atoms with Crippen molar-refractivity contribution in [3.05, 3.63) is 69.2 Å². The highest BCUT2D eigenvalue weighted by Crippen LogP contribution is 2.36. The Morgan fingerprint density at radius 3 is 2.17 bits per heavy atom. The average molecular weight is 731 g/mol. The molecule has 2 aromatic carbocycles. The number of benzene rings is 2. The molecule has 0 aliphatic carbocycles. The number of nitrogens with zero attached hydrogens (tertiary/aromatic N) is 6. The lowest BCUT2D eigenvalue weighted by atomic mass is 10.1. The molecule has 0 unspecified atom stereocenters. The van der Waals surface area contributed by atoms with Gasteiger partial charge in [-0.3, -0.25) is 18.5 Å². The summed E-state index contributed by atoms with van der Waals surface area (Å²) >= 11 is 6.59. The van der Waals surface area contributed by atoms with Gasteiger partial charge in [-0.05, 0) is 73.5 Å². The molecule has 0 amide bonds. The monoisotopic (exact) mass is 730 g/mol. The average Bonchev–Trinajstić information content (AvgIpc) is 2.98. The van der Waals surface area contributed by atoms with Crippen molar-refractivity contribution in [3.63, 3.8) is 0 Å². The van der Waals surface area contributed by atoms with Crippen LogP contribution in [0.15, 0.2) is 67.3 Å². The van der Waals surface area contributed by atoms with E-state index in [0.29, 0.717) is 23.4 Å². The first-order chi connectivity index (χ1) is 22.1. The highest BCUT2D eigenvalue weighted by molar-refractivity contribution is 7.94. The molecule has 0 spiro atoms. The largest absolute Gasteiger partial charge is 0.494 e. The lowest BCUT2D eigenvalue weighted by molar-refractivity contribution is -0.432. The highest BCUT2D eigenvalue weighted by Gasteiger charge is 2.22. The summed E-state index contributed by atoms with van der Waals surface area (Å²) < 4.78 is 69.6. The molecule has 23 heteroatoms. The highest BCUT2D eigenvalue weighted by atomic mass is 35.5. The number of rotatable bonds is 13. The summed E-state index contributed by atoms with van der Waals surface area (Å²) in [6.45, 7) is 2.79. The lowest BCUT2D eigenvalue weighted by Gasteiger charge is -2.14. The van der Waals surface area contributed by atoms with E-state index in [2.05, 4.69) is 45.2 Å². The van der Waals surface area contributed by atoms with Crippen LogP contribution in [0.2, 0.25) is 5.28 Å². The minimum Gasteiger partial charge on any atom is -0.494 e. The first-order valence-electron chi connectivity index (χ1n) is 12.7. The van der Waals surface area contributed by atoms with Crippen LogP contribution in [0.1, 0.15) is 18.1 Å². The molecule has 2 aromatic heterocycles. The number of azo groups is 1. The maximum Gasteiger partial charge on any atom is 0.294 e. The molecule has 0 saturated carbocycles. The second-order valence-electron chi connectivity index (χ2n) is 9.16. The Labute approximate surface area is 274 Å². The van der Waals surface area contributed by atoms with E-state index in [0.717, 1.165) is 16.7 Å². The van der Waals surface area contributed by atoms with Crippen LogP contribution >= 0.6 is 23.6 Å². The van der Waals surface area contributed by atoms with Gasteiger partial charge in [-0.1, -0.05) is 5.04 Å². The normalized spacial score (nSPS) is 12.0. The quantitative estimate of drug-likeness (QED) is 0.0358. The Bertz CT molecular complexity index is 2110. The number of aromatic nitrogens is 4. The first-order valence-corrected chi connectivity index (χ1v) is 16.9. The van der Waals surface area contributed by atoms with Gasteiger partial charge in [0.2, 0.25) is 17.2 Å². The van der Waals surface area contributed by atoms with Gasteiger partial charge in [0.25, 0.3) is 25.8 Å². The van der Waals surface area contributed by atoms with Gasteiger partial charge in [-0.2, -0.15) is 31.8 Å². The van der Waals surface area contributed by atoms with Crippen molar-refractivity contribution in [2.24, 2.45) is 10.2 Å². The maximum absolute atomic E-state index is 13.1. The van der Waals surface area contributed by atoms with Crippen LogP contribution < -0.4 is 16.2 Å². The molecule has 0 atom stereocenters. The van der Waals surface area contributed by atoms with Gasteiger partial charge in [0.15, 0.2) is 11.6 Å². The molecule has 2 heterocycles. The molecule has 47 heavy (non-hydrogen) atoms. The summed E-state index contributed by atoms with van der Waals surface area (Å²) in [5, 5.41) is 36.4. The van der Waals surface area contributed by atoms with E-state index in [1.165, 1.54) is 44.2 Å². The zero-order valence-corrected chi connectivity index (χ0v) is 27.1. The van der Waals surface area contributed by atoms with E-state index >= 15 is 0 Å². The smallest absolute Gasteiger partial charge is 0.294 e. The fourth-order valence-electron chi connectivity index (χ4n) is 3.95. The predicted octanol–water partition coefficient (Wildman–Crippen LogP) is 4.69. The fourth-order valence-corrected chi connectivity index (χ4v) is 5.72. The minimum atomic E-state index is -4.60. The number of halogens is 1. The Morgan fingerprint density at radius 2 is 1.60 bits per heavy atom. The molecule has 4 aromatic rings. The van der Waals surface area contributed by atoms with Crippen molar-refractivity contribution >= 4 is 78.5 Å². The molecule has 19 nitrogen and oxygen atoms in total. The maximum atomic E-state index is 13.1. The number of anilines is 4. The zero-order chi connectivity index (χ0) is 34.5. The molecule has 0 bridgehead atoms. The van der Waals surface area contributed by atoms with Crippen molar-refractivity contribution in [2.75, 3.05) is 10.6 Å². The van der Waals surface area contributed by atoms with Gasteiger partial charge in [-0.15, -0.1) is 14.6 Å². The van der Waals surface area contributed by atoms with E-state index in [1.54, 1.807) is 0 Å². The van der Waals surface area contributed by atoms with Crippen LogP contribution in [0, 0.1) is 6.92 Å². The summed E-state index contributed by atoms with van der Waals surface area (Å²) in [7, 11) is -8.99. The molecule has 0 saturated heterocycles. The summed E-state index contributed by atoms with van der Waals surface area (Å²) in [4.78, 5) is 25.1. The number of hydrogen-bond acceptors (Lipinski definition) is 17. The van der Waals surface area contributed by atoms with Gasteiger partial charge in [0.1, 0.15) is 11.4 Å². The SMILES string of the molecule is CCn1c(O)c(CS(=O)(=O)O)c(C)c(N=Nc2cc(Nc3nc(Cl)nc(Nc4ccc(S(=O)(=O)O)cc4)n3)ccc2SOOO)c1=O. The Balaban J connectivity index is 1.69. The molecule has 0 aliphatic rings. The summed E-state index contributed by atoms with van der Waals surface area (Å²) in [5.41, 5.74) is -0.759. The van der Waals surface area contributed by atoms with Crippen LogP contribution in [-0.4, -0.2) is 55.8 Å². The van der Waals surface area contributed by atoms with Gasteiger partial charge in [0.05, 0.1) is 21.8 Å². The van der Waals surface area contributed by atoms with E-state index in [9.17, 15) is 31.3 Å². The van der Waals surface area contributed by atoms with Crippen LogP contribution in [0.4, 0.5) is 34.6 Å². The minimum absolute atomic E-state index is 0.0285. The van der Waals surface area contributed by atoms with Gasteiger partial charge in [0, 0.05) is 23.5 Å². The third-order valence-electron chi connectivity index (χ3n) is 6.07. The van der Waals surface area contributed by atoms with E-state index in [4.69, 9.17) is 21.4 Å². The summed E-state index contributed by atoms with van der Waals surface area (Å²) in [6, 6.07) is 9.41. The van der Waals surface area contributed by atoms with Crippen molar-refractivity contribution in [3.8, 4) is 5.88 Å². The topological polar surface area (TPSA) is 277 Å². The van der Waals surface area contributed by atoms with Crippen molar-refractivity contribution < 1.29 is 45.7 Å². The second kappa shape index (κ2) is 14.7. The third kappa shape index (κ3) is 9.18. The van der Waals surface area contributed by atoms with E-state index in [1.807, 2.05) is 0 Å². The summed E-state index contributed by atoms with van der Waals surface area (Å²) in [6.07, 6.45) is 0. The molecular weight excluding hydrogens is 708 g/mol. The number of nitrogens with one attached hydrogen (secondary N) is 2. The molecule has 0 aliphatic heterocycles. The Hall–Kier alpha value is -4.26. The fraction of sp³-hybridized carbons (Fsp3) is 0.167. The lowest BCUT2D eigenvalue weighted by Crippen LogP contribution is -2.22. The van der Waals surface area contributed by atoms with E-state index in [-0.39, 0.29) is 56.0 Å². The van der Waals surface area contributed by atoms with Gasteiger partial charge < -0.3 is 15.7 Å². The first kappa shape index (κ1) is 35.6. The van der Waals surface area contributed by atoms with Crippen molar-refractivity contribution in [2.45, 2.75) is 35.9 Å². The third-order valence-corrected chi connectivity index (χ3v) is 8.41. The zero-order valence-electron chi connectivity index (χ0n) is 23.9. The summed E-state index contributed by atoms with van der Waals surface area (Å²) in [5.74, 6) is -1.74. The Morgan fingerprint density at radius 1 is 0.979 bits per heavy atom. The van der Waals surface area contributed by atoms with Gasteiger partial charge in [-0.25, -0.2) is 5.26 Å². The molecule has 0 radical (unpaired) electrons. The molecule has 250 valence electrons. The predicted molar refractivity (Wildman–Crippen MR) is 167 cm³/mol. The standard InChI is InChI=1S/C24H23ClN8O11S3/c1-3-33-20(34)16(11-46(37,38)39)12(2)19(21(33)35)32-31-17-10-14(6-9-18(17)45-44-43-36)27-24-29-22(25)28-23(30-24)26-13-4-7-15(8-5-13)47(40,41)42/h4-10,34,36H,3,11H2,1-2H3,(H,37,38,39)(H,40,41,42)(H2,26,27,28,29,30). The Kier molecular flexibility index (Phi) is 11.1.